The molecule has 2 fully saturated rings. The van der Waals surface area contributed by atoms with E-state index in [0.717, 1.165) is 60.1 Å². The molecule has 2 N–H and O–H groups in total. The van der Waals surface area contributed by atoms with E-state index in [1.807, 2.05) is 18.5 Å². The van der Waals surface area contributed by atoms with Crippen LogP contribution >= 0.6 is 0 Å². The van der Waals surface area contributed by atoms with Crippen LogP contribution in [0.25, 0.3) is 21.9 Å². The molecule has 0 bridgehead atoms. The van der Waals surface area contributed by atoms with E-state index >= 15 is 0 Å². The molecule has 4 heterocycles. The molecule has 1 saturated carbocycles. The van der Waals surface area contributed by atoms with E-state index in [1.165, 1.54) is 12.8 Å². The molecule has 0 radical (unpaired) electrons. The molecule has 134 valence electrons. The molecule has 5 rings (SSSR count). The first-order chi connectivity index (χ1) is 12.8. The fourth-order valence-electron chi connectivity index (χ4n) is 3.91. The summed E-state index contributed by atoms with van der Waals surface area (Å²) in [6.45, 7) is 2.50. The summed E-state index contributed by atoms with van der Waals surface area (Å²) in [7, 11) is 0. The van der Waals surface area contributed by atoms with Crippen molar-refractivity contribution in [1.82, 2.24) is 25.5 Å². The topological polar surface area (TPSA) is 86.8 Å². The van der Waals surface area contributed by atoms with Crippen molar-refractivity contribution in [2.24, 2.45) is 11.8 Å². The van der Waals surface area contributed by atoms with Crippen molar-refractivity contribution in [3.05, 3.63) is 24.7 Å². The minimum Gasteiger partial charge on any atom is -0.369 e. The first-order valence-corrected chi connectivity index (χ1v) is 9.40. The summed E-state index contributed by atoms with van der Waals surface area (Å²) in [5.74, 6) is 0.942. The number of fused-ring (bicyclic) bond motifs is 3. The highest BCUT2D eigenvalue weighted by Gasteiger charge is 2.29. The number of nitrogens with zero attached hydrogens (tertiary/aromatic N) is 4. The van der Waals surface area contributed by atoms with E-state index in [4.69, 9.17) is 0 Å². The number of H-pyrrole nitrogens is 1. The van der Waals surface area contributed by atoms with Crippen molar-refractivity contribution in [1.29, 1.82) is 0 Å². The van der Waals surface area contributed by atoms with E-state index in [0.29, 0.717) is 5.92 Å². The van der Waals surface area contributed by atoms with Gasteiger partial charge in [-0.25, -0.2) is 4.98 Å². The van der Waals surface area contributed by atoms with Gasteiger partial charge in [-0.2, -0.15) is 5.10 Å². The van der Waals surface area contributed by atoms with Gasteiger partial charge < -0.3 is 15.2 Å². The fourth-order valence-corrected chi connectivity index (χ4v) is 3.91. The van der Waals surface area contributed by atoms with E-state index < -0.39 is 0 Å². The number of rotatable bonds is 4. The summed E-state index contributed by atoms with van der Waals surface area (Å²) in [6.07, 6.45) is 9.94. The molecule has 0 aromatic carbocycles. The zero-order chi connectivity index (χ0) is 17.5. The Morgan fingerprint density at radius 2 is 2.23 bits per heavy atom. The maximum atomic E-state index is 12.6. The summed E-state index contributed by atoms with van der Waals surface area (Å²) in [6, 6.07) is 2.03. The summed E-state index contributed by atoms with van der Waals surface area (Å²) >= 11 is 0. The molecule has 3 aromatic rings. The number of hydrogen-bond donors (Lipinski definition) is 2. The molecule has 7 heteroatoms. The zero-order valence-corrected chi connectivity index (χ0v) is 14.6. The summed E-state index contributed by atoms with van der Waals surface area (Å²) in [5, 5.41) is 13.7. The fraction of sp³-hybridized carbons (Fsp3) is 0.474. The smallest absolute Gasteiger partial charge is 0.224 e. The highest BCUT2D eigenvalue weighted by Crippen LogP contribution is 2.33. The number of amides is 1. The van der Waals surface area contributed by atoms with E-state index in [2.05, 4.69) is 30.4 Å². The molecule has 1 amide bonds. The minimum atomic E-state index is 0.0364. The molecule has 1 saturated heterocycles. The van der Waals surface area contributed by atoms with Crippen LogP contribution in [0.4, 0.5) is 5.69 Å². The first kappa shape index (κ1) is 15.5. The van der Waals surface area contributed by atoms with Gasteiger partial charge in [-0.1, -0.05) is 0 Å². The van der Waals surface area contributed by atoms with Crippen LogP contribution < -0.4 is 10.2 Å². The van der Waals surface area contributed by atoms with Crippen LogP contribution in [0.1, 0.15) is 25.7 Å². The van der Waals surface area contributed by atoms with Crippen LogP contribution in [0.5, 0.6) is 0 Å². The number of carbonyl (C=O) groups excluding carboxylic acids is 1. The van der Waals surface area contributed by atoms with Gasteiger partial charge >= 0.3 is 0 Å². The van der Waals surface area contributed by atoms with Gasteiger partial charge in [0.25, 0.3) is 0 Å². The third-order valence-electron chi connectivity index (χ3n) is 5.56. The van der Waals surface area contributed by atoms with Gasteiger partial charge in [-0.15, -0.1) is 5.10 Å². The normalized spacial score (nSPS) is 20.6. The quantitative estimate of drug-likeness (QED) is 0.754. The van der Waals surface area contributed by atoms with Crippen LogP contribution in [0.15, 0.2) is 24.7 Å². The van der Waals surface area contributed by atoms with Gasteiger partial charge in [0.2, 0.25) is 5.91 Å². The number of piperidine rings is 1. The SMILES string of the molecule is O=C(NCC1CC1)C1CCCN(c2cnnc3cnc4[nH]ccc4c23)C1. The average Bonchev–Trinajstić information content (AvgIpc) is 3.39. The van der Waals surface area contributed by atoms with E-state index in [-0.39, 0.29) is 11.8 Å². The zero-order valence-electron chi connectivity index (χ0n) is 14.6. The van der Waals surface area contributed by atoms with Gasteiger partial charge in [-0.05, 0) is 37.7 Å². The Labute approximate surface area is 151 Å². The molecule has 0 spiro atoms. The summed E-state index contributed by atoms with van der Waals surface area (Å²) < 4.78 is 0. The standard InChI is InChI=1S/C19H22N6O/c26-19(22-8-12-3-4-12)13-2-1-7-25(11-13)16-10-23-24-15-9-21-18-14(17(15)16)5-6-20-18/h5-6,9-10,12-13H,1-4,7-8,11H2,(H,20,21)(H,22,26). The predicted octanol–water partition coefficient (Wildman–Crippen LogP) is 2.25. The molecule has 1 unspecified atom stereocenters. The number of carbonyl (C=O) groups is 1. The van der Waals surface area contributed by atoms with Crippen molar-refractivity contribution in [3.8, 4) is 0 Å². The largest absolute Gasteiger partial charge is 0.369 e. The molecular formula is C19H22N6O. The maximum absolute atomic E-state index is 12.6. The second-order valence-corrected chi connectivity index (χ2v) is 7.46. The number of anilines is 1. The number of aromatic amines is 1. The molecule has 7 nitrogen and oxygen atoms in total. The van der Waals surface area contributed by atoms with Crippen molar-refractivity contribution in [3.63, 3.8) is 0 Å². The van der Waals surface area contributed by atoms with Crippen LogP contribution in [0.2, 0.25) is 0 Å². The Bertz CT molecular complexity index is 963. The number of nitrogens with one attached hydrogen (secondary N) is 2. The average molecular weight is 350 g/mol. The molecule has 2 aliphatic rings. The Balaban J connectivity index is 1.45. The monoisotopic (exact) mass is 350 g/mol. The summed E-state index contributed by atoms with van der Waals surface area (Å²) in [5.41, 5.74) is 2.68. The van der Waals surface area contributed by atoms with Crippen molar-refractivity contribution in [2.75, 3.05) is 24.5 Å². The second kappa shape index (κ2) is 6.23. The van der Waals surface area contributed by atoms with Gasteiger partial charge in [0, 0.05) is 36.6 Å². The Morgan fingerprint density at radius 1 is 1.31 bits per heavy atom. The van der Waals surface area contributed by atoms with Gasteiger partial charge in [-0.3, -0.25) is 4.79 Å². The predicted molar refractivity (Wildman–Crippen MR) is 99.9 cm³/mol. The lowest BCUT2D eigenvalue weighted by Crippen LogP contribution is -2.43. The lowest BCUT2D eigenvalue weighted by atomic mass is 9.96. The molecule has 26 heavy (non-hydrogen) atoms. The molecule has 1 aliphatic heterocycles. The van der Waals surface area contributed by atoms with Crippen LogP contribution in [0.3, 0.4) is 0 Å². The Kier molecular flexibility index (Phi) is 3.72. The van der Waals surface area contributed by atoms with Crippen molar-refractivity contribution >= 4 is 33.5 Å². The van der Waals surface area contributed by atoms with E-state index in [1.54, 1.807) is 6.20 Å². The van der Waals surface area contributed by atoms with Gasteiger partial charge in [0.1, 0.15) is 11.2 Å². The van der Waals surface area contributed by atoms with E-state index in [9.17, 15) is 4.79 Å². The number of aromatic nitrogens is 4. The third kappa shape index (κ3) is 2.77. The molecule has 1 atom stereocenters. The number of pyridine rings is 1. The lowest BCUT2D eigenvalue weighted by Gasteiger charge is -2.34. The Morgan fingerprint density at radius 3 is 3.12 bits per heavy atom. The minimum absolute atomic E-state index is 0.0364. The number of hydrogen-bond acceptors (Lipinski definition) is 5. The summed E-state index contributed by atoms with van der Waals surface area (Å²) in [4.78, 5) is 22.4. The molecule has 3 aromatic heterocycles. The highest BCUT2D eigenvalue weighted by molar-refractivity contribution is 6.09. The van der Waals surface area contributed by atoms with Gasteiger partial charge in [0.15, 0.2) is 0 Å². The maximum Gasteiger partial charge on any atom is 0.224 e. The van der Waals surface area contributed by atoms with Crippen molar-refractivity contribution < 1.29 is 4.79 Å². The molecular weight excluding hydrogens is 328 g/mol. The van der Waals surface area contributed by atoms with Gasteiger partial charge in [0.05, 0.1) is 24.0 Å². The van der Waals surface area contributed by atoms with Crippen molar-refractivity contribution in [2.45, 2.75) is 25.7 Å². The van der Waals surface area contributed by atoms with Crippen LogP contribution in [0, 0.1) is 11.8 Å². The van der Waals surface area contributed by atoms with Crippen LogP contribution in [-0.4, -0.2) is 45.7 Å². The highest BCUT2D eigenvalue weighted by atomic mass is 16.1. The Hall–Kier alpha value is -2.70. The van der Waals surface area contributed by atoms with Crippen LogP contribution in [-0.2, 0) is 4.79 Å². The second-order valence-electron chi connectivity index (χ2n) is 7.46. The lowest BCUT2D eigenvalue weighted by molar-refractivity contribution is -0.125. The molecule has 1 aliphatic carbocycles. The third-order valence-corrected chi connectivity index (χ3v) is 5.56. The first-order valence-electron chi connectivity index (χ1n) is 9.40.